The van der Waals surface area contributed by atoms with Crippen molar-refractivity contribution in [1.29, 1.82) is 0 Å². The molecule has 6 heteroatoms. The highest BCUT2D eigenvalue weighted by molar-refractivity contribution is 6.34. The van der Waals surface area contributed by atoms with Crippen LogP contribution in [-0.2, 0) is 4.79 Å². The van der Waals surface area contributed by atoms with E-state index in [0.29, 0.717) is 36.0 Å². The lowest BCUT2D eigenvalue weighted by atomic mass is 10.1. The molecule has 0 aromatic heterocycles. The Hall–Kier alpha value is -1.75. The Labute approximate surface area is 109 Å². The van der Waals surface area contributed by atoms with Crippen molar-refractivity contribution in [2.75, 3.05) is 18.5 Å². The molecule has 1 aromatic rings. The topological polar surface area (TPSA) is 64.6 Å². The van der Waals surface area contributed by atoms with Crippen LogP contribution in [0.1, 0.15) is 24.2 Å². The number of fused-ring (bicyclic) bond motifs is 1. The third-order valence-corrected chi connectivity index (χ3v) is 2.74. The van der Waals surface area contributed by atoms with E-state index in [9.17, 15) is 9.59 Å². The zero-order chi connectivity index (χ0) is 13.3. The Kier molecular flexibility index (Phi) is 3.43. The molecule has 0 unspecified atom stereocenters. The SMILES string of the molecule is CC(=O)Nc1c(Cl)cc(C(C)=O)c2c1OCCO2. The number of hydrogen-bond acceptors (Lipinski definition) is 4. The number of Topliss-reactive ketones (excluding diaryl/α,β-unsaturated/α-hetero) is 1. The van der Waals surface area contributed by atoms with Gasteiger partial charge in [0.15, 0.2) is 17.3 Å². The summed E-state index contributed by atoms with van der Waals surface area (Å²) in [5.74, 6) is 0.202. The first-order valence-corrected chi connectivity index (χ1v) is 5.79. The summed E-state index contributed by atoms with van der Waals surface area (Å²) in [7, 11) is 0. The van der Waals surface area contributed by atoms with Crippen LogP contribution in [0.5, 0.6) is 11.5 Å². The predicted molar refractivity (Wildman–Crippen MR) is 66.8 cm³/mol. The number of amides is 1. The second kappa shape index (κ2) is 4.86. The molecule has 1 aliphatic heterocycles. The quantitative estimate of drug-likeness (QED) is 0.837. The predicted octanol–water partition coefficient (Wildman–Crippen LogP) is 2.27. The van der Waals surface area contributed by atoms with Crippen LogP contribution in [0.4, 0.5) is 5.69 Å². The summed E-state index contributed by atoms with van der Waals surface area (Å²) in [6, 6.07) is 1.47. The van der Waals surface area contributed by atoms with E-state index < -0.39 is 0 Å². The van der Waals surface area contributed by atoms with E-state index in [-0.39, 0.29) is 16.7 Å². The third-order valence-electron chi connectivity index (χ3n) is 2.44. The second-order valence-electron chi connectivity index (χ2n) is 3.87. The number of benzene rings is 1. The molecule has 1 N–H and O–H groups in total. The van der Waals surface area contributed by atoms with Crippen molar-refractivity contribution in [2.24, 2.45) is 0 Å². The standard InChI is InChI=1S/C12H12ClNO4/c1-6(15)8-5-9(13)10(14-7(2)16)12-11(8)17-3-4-18-12/h5H,3-4H2,1-2H3,(H,14,16). The summed E-state index contributed by atoms with van der Waals surface area (Å²) in [4.78, 5) is 22.7. The van der Waals surface area contributed by atoms with Gasteiger partial charge in [0.05, 0.1) is 10.6 Å². The van der Waals surface area contributed by atoms with Crippen molar-refractivity contribution in [3.63, 3.8) is 0 Å². The fourth-order valence-electron chi connectivity index (χ4n) is 1.73. The summed E-state index contributed by atoms with van der Waals surface area (Å²) >= 11 is 6.05. The molecule has 1 heterocycles. The van der Waals surface area contributed by atoms with Gasteiger partial charge in [-0.05, 0) is 13.0 Å². The van der Waals surface area contributed by atoms with Gasteiger partial charge in [0, 0.05) is 6.92 Å². The number of halogens is 1. The van der Waals surface area contributed by atoms with E-state index in [2.05, 4.69) is 5.32 Å². The van der Waals surface area contributed by atoms with Gasteiger partial charge >= 0.3 is 0 Å². The van der Waals surface area contributed by atoms with Gasteiger partial charge in [-0.1, -0.05) is 11.6 Å². The molecule has 0 spiro atoms. The van der Waals surface area contributed by atoms with Crippen molar-refractivity contribution in [3.8, 4) is 11.5 Å². The highest BCUT2D eigenvalue weighted by Crippen LogP contribution is 2.45. The molecule has 1 amide bonds. The molecular formula is C12H12ClNO4. The average Bonchev–Trinajstić information content (AvgIpc) is 2.31. The van der Waals surface area contributed by atoms with Crippen molar-refractivity contribution in [2.45, 2.75) is 13.8 Å². The Morgan fingerprint density at radius 1 is 1.22 bits per heavy atom. The summed E-state index contributed by atoms with van der Waals surface area (Å²) in [6.07, 6.45) is 0. The monoisotopic (exact) mass is 269 g/mol. The van der Waals surface area contributed by atoms with Gasteiger partial charge in [0.1, 0.15) is 18.9 Å². The Morgan fingerprint density at radius 3 is 2.39 bits per heavy atom. The number of carbonyl (C=O) groups is 2. The number of anilines is 1. The number of carbonyl (C=O) groups excluding carboxylic acids is 2. The first-order valence-electron chi connectivity index (χ1n) is 5.41. The minimum Gasteiger partial charge on any atom is -0.485 e. The number of hydrogen-bond donors (Lipinski definition) is 1. The molecule has 5 nitrogen and oxygen atoms in total. The van der Waals surface area contributed by atoms with Crippen LogP contribution in [0.2, 0.25) is 5.02 Å². The first-order chi connectivity index (χ1) is 8.50. The minimum absolute atomic E-state index is 0.173. The maximum absolute atomic E-state index is 11.5. The molecule has 18 heavy (non-hydrogen) atoms. The van der Waals surface area contributed by atoms with Crippen LogP contribution in [0.3, 0.4) is 0 Å². The van der Waals surface area contributed by atoms with Gasteiger partial charge in [0.25, 0.3) is 0 Å². The Morgan fingerprint density at radius 2 is 1.83 bits per heavy atom. The highest BCUT2D eigenvalue weighted by Gasteiger charge is 2.25. The number of ether oxygens (including phenoxy) is 2. The largest absolute Gasteiger partial charge is 0.485 e. The zero-order valence-corrected chi connectivity index (χ0v) is 10.8. The number of ketones is 1. The summed E-state index contributed by atoms with van der Waals surface area (Å²) in [5.41, 5.74) is 0.688. The van der Waals surface area contributed by atoms with Crippen LogP contribution in [0, 0.1) is 0 Å². The molecule has 0 saturated heterocycles. The van der Waals surface area contributed by atoms with Crippen LogP contribution in [0.25, 0.3) is 0 Å². The van der Waals surface area contributed by atoms with E-state index in [0.717, 1.165) is 0 Å². The van der Waals surface area contributed by atoms with Crippen LogP contribution >= 0.6 is 11.6 Å². The summed E-state index contributed by atoms with van der Waals surface area (Å²) < 4.78 is 10.9. The number of rotatable bonds is 2. The maximum Gasteiger partial charge on any atom is 0.221 e. The molecule has 1 aromatic carbocycles. The van der Waals surface area contributed by atoms with Gasteiger partial charge in [-0.3, -0.25) is 9.59 Å². The molecule has 1 aliphatic rings. The molecule has 0 radical (unpaired) electrons. The fraction of sp³-hybridized carbons (Fsp3) is 0.333. The zero-order valence-electron chi connectivity index (χ0n) is 10.0. The minimum atomic E-state index is -0.274. The van der Waals surface area contributed by atoms with Crippen molar-refractivity contribution >= 4 is 29.0 Å². The van der Waals surface area contributed by atoms with E-state index >= 15 is 0 Å². The Balaban J connectivity index is 2.61. The lowest BCUT2D eigenvalue weighted by molar-refractivity contribution is -0.114. The molecule has 96 valence electrons. The second-order valence-corrected chi connectivity index (χ2v) is 4.28. The maximum atomic E-state index is 11.5. The normalized spacial score (nSPS) is 13.1. The van der Waals surface area contributed by atoms with E-state index in [1.807, 2.05) is 0 Å². The molecular weight excluding hydrogens is 258 g/mol. The fourth-order valence-corrected chi connectivity index (χ4v) is 1.97. The highest BCUT2D eigenvalue weighted by atomic mass is 35.5. The van der Waals surface area contributed by atoms with Gasteiger partial charge in [-0.15, -0.1) is 0 Å². The number of nitrogens with one attached hydrogen (secondary N) is 1. The van der Waals surface area contributed by atoms with Crippen molar-refractivity contribution in [1.82, 2.24) is 0 Å². The van der Waals surface area contributed by atoms with Crippen molar-refractivity contribution in [3.05, 3.63) is 16.7 Å². The average molecular weight is 270 g/mol. The van der Waals surface area contributed by atoms with Gasteiger partial charge < -0.3 is 14.8 Å². The van der Waals surface area contributed by atoms with Crippen molar-refractivity contribution < 1.29 is 19.1 Å². The van der Waals surface area contributed by atoms with Gasteiger partial charge in [-0.2, -0.15) is 0 Å². The van der Waals surface area contributed by atoms with Gasteiger partial charge in [-0.25, -0.2) is 0 Å². The Bertz CT molecular complexity index is 527. The molecule has 0 fully saturated rings. The molecule has 0 atom stereocenters. The third kappa shape index (κ3) is 2.26. The molecule has 2 rings (SSSR count). The van der Waals surface area contributed by atoms with Crippen LogP contribution in [-0.4, -0.2) is 24.9 Å². The smallest absolute Gasteiger partial charge is 0.221 e. The van der Waals surface area contributed by atoms with E-state index in [1.165, 1.54) is 19.9 Å². The van der Waals surface area contributed by atoms with E-state index in [4.69, 9.17) is 21.1 Å². The summed E-state index contributed by atoms with van der Waals surface area (Å²) in [6.45, 7) is 3.49. The lowest BCUT2D eigenvalue weighted by Gasteiger charge is -2.23. The molecule has 0 bridgehead atoms. The van der Waals surface area contributed by atoms with Crippen LogP contribution < -0.4 is 14.8 Å². The summed E-state index contributed by atoms with van der Waals surface area (Å²) in [5, 5.41) is 2.83. The van der Waals surface area contributed by atoms with E-state index in [1.54, 1.807) is 0 Å². The molecule has 0 aliphatic carbocycles. The van der Waals surface area contributed by atoms with Crippen LogP contribution in [0.15, 0.2) is 6.07 Å². The lowest BCUT2D eigenvalue weighted by Crippen LogP contribution is -2.20. The first kappa shape index (κ1) is 12.7. The van der Waals surface area contributed by atoms with Gasteiger partial charge in [0.2, 0.25) is 5.91 Å². The molecule has 0 saturated carbocycles.